The molecule has 4 rings (SSSR count). The van der Waals surface area contributed by atoms with Crippen molar-refractivity contribution in [3.05, 3.63) is 16.3 Å². The molecule has 0 saturated carbocycles. The zero-order valence-corrected chi connectivity index (χ0v) is 19.0. The average molecular weight is 419 g/mol. The maximum absolute atomic E-state index is 5.48. The highest BCUT2D eigenvalue weighted by molar-refractivity contribution is 7.18. The number of anilines is 1. The molecule has 2 aromatic heterocycles. The van der Waals surface area contributed by atoms with Crippen LogP contribution in [0, 0.1) is 13.8 Å². The van der Waals surface area contributed by atoms with Gasteiger partial charge in [0.25, 0.3) is 0 Å². The van der Waals surface area contributed by atoms with Gasteiger partial charge in [0.05, 0.1) is 25.1 Å². The van der Waals surface area contributed by atoms with Gasteiger partial charge in [-0.3, -0.25) is 9.80 Å². The lowest BCUT2D eigenvalue weighted by molar-refractivity contribution is 0.0331. The molecule has 8 heteroatoms. The van der Waals surface area contributed by atoms with Crippen molar-refractivity contribution in [2.24, 2.45) is 0 Å². The maximum Gasteiger partial charge on any atom is 0.146 e. The van der Waals surface area contributed by atoms with Gasteiger partial charge in [0.2, 0.25) is 0 Å². The molecule has 160 valence electrons. The van der Waals surface area contributed by atoms with Crippen molar-refractivity contribution in [3.63, 3.8) is 0 Å². The third-order valence-electron chi connectivity index (χ3n) is 6.05. The predicted octanol–water partition coefficient (Wildman–Crippen LogP) is 2.19. The molecule has 0 bridgehead atoms. The Balaban J connectivity index is 1.52. The zero-order valence-electron chi connectivity index (χ0n) is 18.2. The SMILES string of the molecule is Cc1sc2nc(CN3CCOCC3)nc(NC(C)CN3CCN(C)CC3)c2c1C. The highest BCUT2D eigenvalue weighted by Crippen LogP contribution is 2.33. The Morgan fingerprint density at radius 1 is 1.03 bits per heavy atom. The number of fused-ring (bicyclic) bond motifs is 1. The smallest absolute Gasteiger partial charge is 0.146 e. The van der Waals surface area contributed by atoms with Gasteiger partial charge in [-0.25, -0.2) is 9.97 Å². The largest absolute Gasteiger partial charge is 0.379 e. The monoisotopic (exact) mass is 418 g/mol. The van der Waals surface area contributed by atoms with Crippen LogP contribution >= 0.6 is 11.3 Å². The van der Waals surface area contributed by atoms with Crippen LogP contribution in [0.1, 0.15) is 23.2 Å². The lowest BCUT2D eigenvalue weighted by Gasteiger charge is -2.34. The van der Waals surface area contributed by atoms with E-state index in [0.29, 0.717) is 6.04 Å². The van der Waals surface area contributed by atoms with Gasteiger partial charge in [0.1, 0.15) is 16.5 Å². The van der Waals surface area contributed by atoms with Crippen molar-refractivity contribution in [3.8, 4) is 0 Å². The number of thiophene rings is 1. The first-order valence-electron chi connectivity index (χ1n) is 10.7. The van der Waals surface area contributed by atoms with E-state index in [1.165, 1.54) is 15.8 Å². The molecule has 4 heterocycles. The molecule has 0 spiro atoms. The molecule has 0 aromatic carbocycles. The Kier molecular flexibility index (Phi) is 6.66. The maximum atomic E-state index is 5.48. The fourth-order valence-electron chi connectivity index (χ4n) is 4.13. The summed E-state index contributed by atoms with van der Waals surface area (Å²) in [5.74, 6) is 1.91. The summed E-state index contributed by atoms with van der Waals surface area (Å²) >= 11 is 1.78. The van der Waals surface area contributed by atoms with Crippen LogP contribution in [0.15, 0.2) is 0 Å². The molecule has 2 fully saturated rings. The van der Waals surface area contributed by atoms with Crippen LogP contribution in [0.5, 0.6) is 0 Å². The number of nitrogens with zero attached hydrogens (tertiary/aromatic N) is 5. The van der Waals surface area contributed by atoms with Crippen molar-refractivity contribution >= 4 is 27.4 Å². The lowest BCUT2D eigenvalue weighted by atomic mass is 10.2. The number of hydrogen-bond donors (Lipinski definition) is 1. The highest BCUT2D eigenvalue weighted by atomic mass is 32.1. The van der Waals surface area contributed by atoms with E-state index in [0.717, 1.165) is 82.0 Å². The quantitative estimate of drug-likeness (QED) is 0.772. The van der Waals surface area contributed by atoms with Crippen LogP contribution in [0.25, 0.3) is 10.2 Å². The molecule has 0 aliphatic carbocycles. The average Bonchev–Trinajstić information content (AvgIpc) is 2.98. The Morgan fingerprint density at radius 2 is 1.76 bits per heavy atom. The normalized spacial score (nSPS) is 21.0. The molecule has 1 unspecified atom stereocenters. The van der Waals surface area contributed by atoms with Crippen LogP contribution in [0.2, 0.25) is 0 Å². The molecular formula is C21H34N6OS. The van der Waals surface area contributed by atoms with E-state index in [2.05, 4.69) is 47.8 Å². The Hall–Kier alpha value is -1.32. The number of morpholine rings is 1. The zero-order chi connectivity index (χ0) is 20.4. The van der Waals surface area contributed by atoms with E-state index >= 15 is 0 Å². The summed E-state index contributed by atoms with van der Waals surface area (Å²) in [6.45, 7) is 16.5. The lowest BCUT2D eigenvalue weighted by Crippen LogP contribution is -2.47. The number of ether oxygens (including phenoxy) is 1. The van der Waals surface area contributed by atoms with E-state index in [1.807, 2.05) is 0 Å². The van der Waals surface area contributed by atoms with E-state index < -0.39 is 0 Å². The molecular weight excluding hydrogens is 384 g/mol. The second-order valence-electron chi connectivity index (χ2n) is 8.49. The fraction of sp³-hybridized carbons (Fsp3) is 0.714. The first kappa shape index (κ1) is 20.9. The van der Waals surface area contributed by atoms with Gasteiger partial charge in [0, 0.05) is 56.7 Å². The second-order valence-corrected chi connectivity index (χ2v) is 9.69. The summed E-state index contributed by atoms with van der Waals surface area (Å²) in [6.07, 6.45) is 0. The van der Waals surface area contributed by atoms with E-state index in [4.69, 9.17) is 14.7 Å². The van der Waals surface area contributed by atoms with Gasteiger partial charge in [-0.2, -0.15) is 0 Å². The highest BCUT2D eigenvalue weighted by Gasteiger charge is 2.20. The van der Waals surface area contributed by atoms with Crippen molar-refractivity contribution in [2.75, 3.05) is 71.4 Å². The van der Waals surface area contributed by atoms with Gasteiger partial charge in [-0.05, 0) is 33.4 Å². The molecule has 29 heavy (non-hydrogen) atoms. The molecule has 1 N–H and O–H groups in total. The number of rotatable bonds is 6. The van der Waals surface area contributed by atoms with Crippen LogP contribution < -0.4 is 5.32 Å². The molecule has 0 radical (unpaired) electrons. The third-order valence-corrected chi connectivity index (χ3v) is 7.16. The van der Waals surface area contributed by atoms with Crippen molar-refractivity contribution < 1.29 is 4.74 Å². The molecule has 0 amide bonds. The van der Waals surface area contributed by atoms with E-state index in [9.17, 15) is 0 Å². The minimum absolute atomic E-state index is 0.340. The summed E-state index contributed by atoms with van der Waals surface area (Å²) in [6, 6.07) is 0.340. The van der Waals surface area contributed by atoms with Crippen LogP contribution in [-0.2, 0) is 11.3 Å². The Labute approximate surface area is 178 Å². The minimum atomic E-state index is 0.340. The summed E-state index contributed by atoms with van der Waals surface area (Å²) in [4.78, 5) is 19.7. The summed E-state index contributed by atoms with van der Waals surface area (Å²) in [5.41, 5.74) is 1.30. The Morgan fingerprint density at radius 3 is 2.48 bits per heavy atom. The van der Waals surface area contributed by atoms with E-state index in [1.54, 1.807) is 11.3 Å². The second kappa shape index (κ2) is 9.22. The van der Waals surface area contributed by atoms with E-state index in [-0.39, 0.29) is 0 Å². The number of aryl methyl sites for hydroxylation is 2. The molecule has 2 aliphatic rings. The van der Waals surface area contributed by atoms with Gasteiger partial charge < -0.3 is 15.0 Å². The molecule has 2 saturated heterocycles. The number of nitrogens with one attached hydrogen (secondary N) is 1. The van der Waals surface area contributed by atoms with Gasteiger partial charge in [-0.1, -0.05) is 0 Å². The molecule has 1 atom stereocenters. The number of aromatic nitrogens is 2. The number of hydrogen-bond acceptors (Lipinski definition) is 8. The third kappa shape index (κ3) is 5.06. The van der Waals surface area contributed by atoms with Crippen LogP contribution in [0.3, 0.4) is 0 Å². The standard InChI is InChI=1S/C21H34N6OS/c1-15(13-26-7-5-25(4)6-8-26)22-20-19-16(2)17(3)29-21(19)24-18(23-20)14-27-9-11-28-12-10-27/h15H,5-14H2,1-4H3,(H,22,23,24). The fourth-order valence-corrected chi connectivity index (χ4v) is 5.17. The molecule has 2 aliphatic heterocycles. The topological polar surface area (TPSA) is 56.8 Å². The molecule has 2 aromatic rings. The van der Waals surface area contributed by atoms with Crippen LogP contribution in [0.4, 0.5) is 5.82 Å². The van der Waals surface area contributed by atoms with Gasteiger partial charge >= 0.3 is 0 Å². The van der Waals surface area contributed by atoms with Gasteiger partial charge in [0.15, 0.2) is 0 Å². The van der Waals surface area contributed by atoms with Crippen LogP contribution in [-0.4, -0.2) is 96.8 Å². The Bertz CT molecular complexity index is 826. The van der Waals surface area contributed by atoms with Gasteiger partial charge in [-0.15, -0.1) is 11.3 Å². The first-order valence-corrected chi connectivity index (χ1v) is 11.6. The summed E-state index contributed by atoms with van der Waals surface area (Å²) < 4.78 is 5.48. The number of piperazine rings is 1. The number of likely N-dealkylation sites (N-methyl/N-ethyl adjacent to an activating group) is 1. The summed E-state index contributed by atoms with van der Waals surface area (Å²) in [5, 5.41) is 4.93. The first-order chi connectivity index (χ1) is 14.0. The summed E-state index contributed by atoms with van der Waals surface area (Å²) in [7, 11) is 2.20. The van der Waals surface area contributed by atoms with Crippen molar-refractivity contribution in [2.45, 2.75) is 33.4 Å². The molecule has 7 nitrogen and oxygen atoms in total. The van der Waals surface area contributed by atoms with Crippen molar-refractivity contribution in [1.82, 2.24) is 24.7 Å². The minimum Gasteiger partial charge on any atom is -0.379 e. The predicted molar refractivity (Wildman–Crippen MR) is 120 cm³/mol. The van der Waals surface area contributed by atoms with Crippen molar-refractivity contribution in [1.29, 1.82) is 0 Å².